The SMILES string of the molecule is CN(C)c1nnc(Sc2nc(NN)nc3[nH]ncc23)s1. The number of aromatic nitrogens is 6. The number of H-pyrrole nitrogens is 1. The fourth-order valence-corrected chi connectivity index (χ4v) is 3.23. The van der Waals surface area contributed by atoms with Crippen LogP contribution in [0.2, 0.25) is 0 Å². The summed E-state index contributed by atoms with van der Waals surface area (Å²) in [4.78, 5) is 10.4. The third-order valence-corrected chi connectivity index (χ3v) is 4.51. The first kappa shape index (κ1) is 13.0. The van der Waals surface area contributed by atoms with E-state index in [1.165, 1.54) is 23.1 Å². The second-order valence-electron chi connectivity index (χ2n) is 3.98. The molecule has 0 saturated heterocycles. The fourth-order valence-electron chi connectivity index (χ4n) is 1.46. The van der Waals surface area contributed by atoms with Crippen molar-refractivity contribution in [3.63, 3.8) is 0 Å². The number of hydrogen-bond acceptors (Lipinski definition) is 10. The molecule has 0 aliphatic heterocycles. The second-order valence-corrected chi connectivity index (χ2v) is 6.17. The van der Waals surface area contributed by atoms with Crippen LogP contribution in [-0.2, 0) is 0 Å². The van der Waals surface area contributed by atoms with Crippen LogP contribution in [0.15, 0.2) is 15.6 Å². The van der Waals surface area contributed by atoms with Gasteiger partial charge in [-0.25, -0.2) is 10.8 Å². The van der Waals surface area contributed by atoms with E-state index in [9.17, 15) is 0 Å². The van der Waals surface area contributed by atoms with Crippen molar-refractivity contribution in [2.75, 3.05) is 24.4 Å². The van der Waals surface area contributed by atoms with Gasteiger partial charge in [-0.1, -0.05) is 11.3 Å². The predicted octanol–water partition coefficient (Wildman–Crippen LogP) is 0.707. The molecule has 20 heavy (non-hydrogen) atoms. The molecule has 104 valence electrons. The Morgan fingerprint density at radius 2 is 2.20 bits per heavy atom. The Balaban J connectivity index is 1.98. The van der Waals surface area contributed by atoms with E-state index in [1.807, 2.05) is 19.0 Å². The number of hydrazine groups is 1. The minimum absolute atomic E-state index is 0.321. The van der Waals surface area contributed by atoms with Gasteiger partial charge >= 0.3 is 0 Å². The fraction of sp³-hybridized carbons (Fsp3) is 0.222. The summed E-state index contributed by atoms with van der Waals surface area (Å²) >= 11 is 2.89. The molecule has 9 nitrogen and oxygen atoms in total. The molecule has 3 aromatic rings. The molecule has 3 rings (SSSR count). The zero-order chi connectivity index (χ0) is 14.1. The van der Waals surface area contributed by atoms with Crippen LogP contribution in [0.1, 0.15) is 0 Å². The largest absolute Gasteiger partial charge is 0.353 e. The van der Waals surface area contributed by atoms with Gasteiger partial charge < -0.3 is 4.90 Å². The molecule has 0 bridgehead atoms. The summed E-state index contributed by atoms with van der Waals surface area (Å²) in [5.41, 5.74) is 3.05. The number of hydrogen-bond donors (Lipinski definition) is 3. The molecule has 0 fully saturated rings. The van der Waals surface area contributed by atoms with E-state index in [2.05, 4.69) is 35.8 Å². The average Bonchev–Trinajstić information content (AvgIpc) is 3.06. The Morgan fingerprint density at radius 3 is 2.90 bits per heavy atom. The van der Waals surface area contributed by atoms with Gasteiger partial charge in [-0.15, -0.1) is 10.2 Å². The molecule has 3 aromatic heterocycles. The zero-order valence-electron chi connectivity index (χ0n) is 10.7. The molecule has 4 N–H and O–H groups in total. The number of rotatable bonds is 4. The van der Waals surface area contributed by atoms with Crippen LogP contribution in [0.25, 0.3) is 11.0 Å². The van der Waals surface area contributed by atoms with E-state index in [0.29, 0.717) is 11.6 Å². The molecule has 3 heterocycles. The molecule has 0 aromatic carbocycles. The number of nitrogens with one attached hydrogen (secondary N) is 2. The monoisotopic (exact) mass is 309 g/mol. The van der Waals surface area contributed by atoms with Crippen LogP contribution in [-0.4, -0.2) is 44.5 Å². The van der Waals surface area contributed by atoms with Crippen molar-refractivity contribution in [2.24, 2.45) is 5.84 Å². The maximum atomic E-state index is 5.37. The van der Waals surface area contributed by atoms with Gasteiger partial charge in [0.1, 0.15) is 5.03 Å². The van der Waals surface area contributed by atoms with E-state index in [1.54, 1.807) is 6.20 Å². The van der Waals surface area contributed by atoms with E-state index >= 15 is 0 Å². The number of nitrogens with zero attached hydrogens (tertiary/aromatic N) is 6. The predicted molar refractivity (Wildman–Crippen MR) is 77.9 cm³/mol. The first-order valence-corrected chi connectivity index (χ1v) is 7.17. The van der Waals surface area contributed by atoms with Gasteiger partial charge in [-0.3, -0.25) is 10.5 Å². The van der Waals surface area contributed by atoms with Gasteiger partial charge in [0.25, 0.3) is 0 Å². The molecular formula is C9H11N9S2. The van der Waals surface area contributed by atoms with Gasteiger partial charge in [0.05, 0.1) is 11.6 Å². The first-order chi connectivity index (χ1) is 9.67. The summed E-state index contributed by atoms with van der Waals surface area (Å²) in [5, 5.41) is 17.3. The minimum Gasteiger partial charge on any atom is -0.353 e. The van der Waals surface area contributed by atoms with Gasteiger partial charge in [-0.05, 0) is 11.8 Å². The Hall–Kier alpha value is -1.98. The summed E-state index contributed by atoms with van der Waals surface area (Å²) < 4.78 is 0.790. The van der Waals surface area contributed by atoms with Crippen molar-refractivity contribution < 1.29 is 0 Å². The van der Waals surface area contributed by atoms with Crippen LogP contribution in [0.5, 0.6) is 0 Å². The molecule has 0 atom stereocenters. The summed E-state index contributed by atoms with van der Waals surface area (Å²) in [6, 6.07) is 0. The van der Waals surface area contributed by atoms with Crippen LogP contribution >= 0.6 is 23.1 Å². The smallest absolute Gasteiger partial charge is 0.240 e. The molecule has 0 aliphatic rings. The third-order valence-electron chi connectivity index (χ3n) is 2.37. The van der Waals surface area contributed by atoms with Crippen molar-refractivity contribution in [1.29, 1.82) is 0 Å². The lowest BCUT2D eigenvalue weighted by atomic mass is 10.4. The number of fused-ring (bicyclic) bond motifs is 1. The minimum atomic E-state index is 0.321. The van der Waals surface area contributed by atoms with Crippen LogP contribution in [0, 0.1) is 0 Å². The normalized spacial score (nSPS) is 10.9. The Kier molecular flexibility index (Phi) is 3.38. The van der Waals surface area contributed by atoms with E-state index in [4.69, 9.17) is 5.84 Å². The molecule has 11 heteroatoms. The standard InChI is InChI=1S/C9H11N9S2/c1-18(2)8-16-17-9(20-8)19-6-4-3-11-15-5(4)12-7(13-6)14-10/h3H,10H2,1-2H3,(H2,11,12,13,14,15). The summed E-state index contributed by atoms with van der Waals surface area (Å²) in [6.07, 6.45) is 1.67. The molecule has 0 aliphatic carbocycles. The van der Waals surface area contributed by atoms with Crippen LogP contribution in [0.3, 0.4) is 0 Å². The molecule has 0 amide bonds. The van der Waals surface area contributed by atoms with Crippen molar-refractivity contribution >= 4 is 45.2 Å². The zero-order valence-corrected chi connectivity index (χ0v) is 12.3. The van der Waals surface area contributed by atoms with E-state index in [0.717, 1.165) is 19.9 Å². The topological polar surface area (TPSA) is 122 Å². The van der Waals surface area contributed by atoms with Crippen molar-refractivity contribution in [1.82, 2.24) is 30.4 Å². The first-order valence-electron chi connectivity index (χ1n) is 5.54. The third kappa shape index (κ3) is 2.37. The Labute approximate surface area is 122 Å². The molecule has 0 saturated carbocycles. The Morgan fingerprint density at radius 1 is 1.35 bits per heavy atom. The lowest BCUT2D eigenvalue weighted by molar-refractivity contribution is 0.970. The highest BCUT2D eigenvalue weighted by atomic mass is 32.2. The van der Waals surface area contributed by atoms with Crippen molar-refractivity contribution in [3.05, 3.63) is 6.20 Å². The van der Waals surface area contributed by atoms with Gasteiger partial charge in [-0.2, -0.15) is 10.1 Å². The second kappa shape index (κ2) is 5.19. The summed E-state index contributed by atoms with van der Waals surface area (Å²) in [6.45, 7) is 0. The highest BCUT2D eigenvalue weighted by Gasteiger charge is 2.14. The number of nitrogens with two attached hydrogens (primary N) is 1. The maximum absolute atomic E-state index is 5.37. The van der Waals surface area contributed by atoms with Crippen molar-refractivity contribution in [2.45, 2.75) is 9.37 Å². The average molecular weight is 309 g/mol. The van der Waals surface area contributed by atoms with Gasteiger partial charge in [0.15, 0.2) is 9.99 Å². The Bertz CT molecular complexity index is 734. The van der Waals surface area contributed by atoms with Crippen LogP contribution in [0.4, 0.5) is 11.1 Å². The number of nitrogen functional groups attached to an aromatic ring is 1. The van der Waals surface area contributed by atoms with Crippen molar-refractivity contribution in [3.8, 4) is 0 Å². The van der Waals surface area contributed by atoms with Gasteiger partial charge in [0.2, 0.25) is 11.1 Å². The highest BCUT2D eigenvalue weighted by molar-refractivity contribution is 8.01. The van der Waals surface area contributed by atoms with Crippen LogP contribution < -0.4 is 16.2 Å². The lowest BCUT2D eigenvalue weighted by Gasteiger charge is -2.04. The van der Waals surface area contributed by atoms with E-state index < -0.39 is 0 Å². The highest BCUT2D eigenvalue weighted by Crippen LogP contribution is 2.35. The molecular weight excluding hydrogens is 298 g/mol. The summed E-state index contributed by atoms with van der Waals surface area (Å²) in [7, 11) is 3.84. The lowest BCUT2D eigenvalue weighted by Crippen LogP contribution is -2.10. The quantitative estimate of drug-likeness (QED) is 0.363. The molecule has 0 unspecified atom stereocenters. The molecule has 0 radical (unpaired) electrons. The maximum Gasteiger partial charge on any atom is 0.240 e. The number of aromatic amines is 1. The summed E-state index contributed by atoms with van der Waals surface area (Å²) in [5.74, 6) is 5.69. The number of anilines is 2. The van der Waals surface area contributed by atoms with Gasteiger partial charge in [0, 0.05) is 14.1 Å². The molecule has 0 spiro atoms. The van der Waals surface area contributed by atoms with E-state index in [-0.39, 0.29) is 0 Å².